The van der Waals surface area contributed by atoms with Crippen LogP contribution in [0.1, 0.15) is 6.92 Å². The first-order chi connectivity index (χ1) is 10.4. The van der Waals surface area contributed by atoms with Gasteiger partial charge in [-0.3, -0.25) is 4.65 Å². The molecule has 4 nitrogen and oxygen atoms in total. The molecule has 3 rings (SSSR count). The molecule has 1 heterocycles. The molecule has 0 aliphatic carbocycles. The number of nitrogens with zero attached hydrogens (tertiary/aromatic N) is 2. The van der Waals surface area contributed by atoms with Crippen molar-refractivity contribution in [2.24, 2.45) is 0 Å². The summed E-state index contributed by atoms with van der Waals surface area (Å²) in [6.07, 6.45) is 2.95. The zero-order valence-electron chi connectivity index (χ0n) is 13.2. The summed E-state index contributed by atoms with van der Waals surface area (Å²) in [4.78, 5) is 2.08. The van der Waals surface area contributed by atoms with E-state index in [1.54, 1.807) is 24.3 Å². The molecule has 1 aliphatic heterocycles. The normalized spacial score (nSPS) is 25.7. The van der Waals surface area contributed by atoms with Crippen LogP contribution < -0.4 is 9.55 Å². The van der Waals surface area contributed by atoms with Gasteiger partial charge in [0, 0.05) is 26.7 Å². The second-order valence-electron chi connectivity index (χ2n) is 5.63. The van der Waals surface area contributed by atoms with Crippen LogP contribution in [0.4, 0.5) is 11.4 Å². The van der Waals surface area contributed by atoms with E-state index in [0.717, 1.165) is 0 Å². The van der Waals surface area contributed by atoms with E-state index < -0.39 is 10.4 Å². The second-order valence-corrected chi connectivity index (χ2v) is 5.63. The van der Waals surface area contributed by atoms with Crippen LogP contribution in [0.3, 0.4) is 0 Å². The van der Waals surface area contributed by atoms with E-state index in [9.17, 15) is 10.3 Å². The lowest BCUT2D eigenvalue weighted by molar-refractivity contribution is -0.0171. The van der Waals surface area contributed by atoms with Crippen LogP contribution in [0.2, 0.25) is 0 Å². The van der Waals surface area contributed by atoms with Gasteiger partial charge in [0.05, 0.1) is 6.08 Å². The number of para-hydroxylation sites is 2. The van der Waals surface area contributed by atoms with Gasteiger partial charge < -0.3 is 15.2 Å². The number of benzene rings is 2. The Balaban J connectivity index is 0.000000172. The minimum atomic E-state index is -1.32. The topological polar surface area (TPSA) is 46.5 Å². The third kappa shape index (κ3) is 3.20. The van der Waals surface area contributed by atoms with Crippen LogP contribution in [0.15, 0.2) is 72.9 Å². The molecule has 1 aliphatic rings. The van der Waals surface area contributed by atoms with Crippen molar-refractivity contribution < 1.29 is 5.11 Å². The van der Waals surface area contributed by atoms with Crippen molar-refractivity contribution in [3.8, 4) is 0 Å². The lowest BCUT2D eigenvalue weighted by atomic mass is 10.1. The molecule has 2 unspecified atom stereocenters. The molecule has 116 valence electrons. The van der Waals surface area contributed by atoms with E-state index >= 15 is 0 Å². The summed E-state index contributed by atoms with van der Waals surface area (Å²) in [5, 5.41) is 21.7. The molecule has 0 saturated carbocycles. The number of rotatable bonds is 2. The van der Waals surface area contributed by atoms with Gasteiger partial charge in [-0.15, -0.1) is 0 Å². The second kappa shape index (κ2) is 6.32. The fourth-order valence-corrected chi connectivity index (χ4v) is 2.15. The van der Waals surface area contributed by atoms with Gasteiger partial charge in [0.1, 0.15) is 11.9 Å². The molecular weight excluding hydrogens is 276 g/mol. The van der Waals surface area contributed by atoms with Crippen LogP contribution in [-0.2, 0) is 0 Å². The van der Waals surface area contributed by atoms with Crippen molar-refractivity contribution in [2.75, 3.05) is 19.0 Å². The minimum absolute atomic E-state index is 0.551. The average molecular weight is 298 g/mol. The summed E-state index contributed by atoms with van der Waals surface area (Å²) >= 11 is 0. The molecule has 0 radical (unpaired) electrons. The Kier molecular flexibility index (Phi) is 4.66. The minimum Gasteiger partial charge on any atom is -0.620 e. The van der Waals surface area contributed by atoms with Crippen molar-refractivity contribution in [2.45, 2.75) is 12.6 Å². The summed E-state index contributed by atoms with van der Waals surface area (Å²) < 4.78 is -0.784. The van der Waals surface area contributed by atoms with Gasteiger partial charge in [0.2, 0.25) is 5.72 Å². The Bertz CT molecular complexity index is 624. The van der Waals surface area contributed by atoms with Crippen molar-refractivity contribution in [1.29, 1.82) is 0 Å². The fraction of sp³-hybridized carbons (Fsp3) is 0.222. The van der Waals surface area contributed by atoms with Gasteiger partial charge >= 0.3 is 0 Å². The van der Waals surface area contributed by atoms with E-state index in [4.69, 9.17) is 0 Å². The number of anilines is 1. The quantitative estimate of drug-likeness (QED) is 0.682. The van der Waals surface area contributed by atoms with Gasteiger partial charge in [0.25, 0.3) is 0 Å². The highest BCUT2D eigenvalue weighted by Crippen LogP contribution is 2.38. The molecule has 4 heteroatoms. The van der Waals surface area contributed by atoms with Gasteiger partial charge in [-0.25, -0.2) is 0 Å². The average Bonchev–Trinajstić information content (AvgIpc) is 2.55. The maximum atomic E-state index is 12.0. The molecule has 1 N–H and O–H groups in total. The van der Waals surface area contributed by atoms with Crippen molar-refractivity contribution in [3.63, 3.8) is 0 Å². The zero-order chi connectivity index (χ0) is 16.2. The Labute approximate surface area is 131 Å². The Morgan fingerprint density at radius 1 is 0.955 bits per heavy atom. The predicted octanol–water partition coefficient (Wildman–Crippen LogP) is 3.48. The number of hydrogen-bond donors (Lipinski definition) is 1. The highest BCUT2D eigenvalue weighted by molar-refractivity contribution is 5.52. The lowest BCUT2D eigenvalue weighted by Gasteiger charge is -2.52. The number of hydrogen-bond acceptors (Lipinski definition) is 3. The van der Waals surface area contributed by atoms with E-state index in [-0.39, 0.29) is 0 Å². The summed E-state index contributed by atoms with van der Waals surface area (Å²) in [7, 11) is 4.07. The Hall–Kier alpha value is -2.14. The van der Waals surface area contributed by atoms with Crippen LogP contribution in [0, 0.1) is 5.21 Å². The third-order valence-electron chi connectivity index (χ3n) is 3.69. The van der Waals surface area contributed by atoms with Crippen LogP contribution in [-0.4, -0.2) is 24.9 Å². The third-order valence-corrected chi connectivity index (χ3v) is 3.69. The SMILES string of the molecule is CC1(O)C=C[N+]1([O-])c1ccccc1.CN(C)c1ccccc1. The first-order valence-electron chi connectivity index (χ1n) is 7.17. The van der Waals surface area contributed by atoms with Crippen LogP contribution in [0.5, 0.6) is 0 Å². The number of hydroxylamine groups is 2. The van der Waals surface area contributed by atoms with Gasteiger partial charge in [-0.05, 0) is 24.3 Å². The van der Waals surface area contributed by atoms with E-state index in [1.165, 1.54) is 24.9 Å². The highest BCUT2D eigenvalue weighted by Gasteiger charge is 2.45. The van der Waals surface area contributed by atoms with Gasteiger partial charge in [0.15, 0.2) is 0 Å². The summed E-state index contributed by atoms with van der Waals surface area (Å²) in [5.74, 6) is 0. The standard InChI is InChI=1S/C10H11NO2.C8H11N/c1-10(12)7-8-11(10,13)9-5-3-2-4-6-9;1-9(2)8-6-4-3-5-7-8/h2-8,12H,1H3;3-7H,1-2H3. The first kappa shape index (κ1) is 16.2. The first-order valence-corrected chi connectivity index (χ1v) is 7.17. The molecule has 2 aromatic rings. The van der Waals surface area contributed by atoms with Crippen molar-refractivity contribution >= 4 is 11.4 Å². The molecule has 0 spiro atoms. The molecule has 0 bridgehead atoms. The fourth-order valence-electron chi connectivity index (χ4n) is 2.15. The molecule has 0 fully saturated rings. The smallest absolute Gasteiger partial charge is 0.231 e. The Morgan fingerprint density at radius 2 is 1.45 bits per heavy atom. The molecule has 22 heavy (non-hydrogen) atoms. The van der Waals surface area contributed by atoms with Crippen LogP contribution >= 0.6 is 0 Å². The van der Waals surface area contributed by atoms with Crippen molar-refractivity contribution in [3.05, 3.63) is 78.1 Å². The van der Waals surface area contributed by atoms with E-state index in [0.29, 0.717) is 5.69 Å². The highest BCUT2D eigenvalue weighted by atomic mass is 16.6. The molecular formula is C18H22N2O2. The largest absolute Gasteiger partial charge is 0.620 e. The molecule has 0 amide bonds. The lowest BCUT2D eigenvalue weighted by Crippen LogP contribution is -2.61. The molecule has 2 aromatic carbocycles. The molecule has 0 saturated heterocycles. The van der Waals surface area contributed by atoms with Crippen LogP contribution in [0.25, 0.3) is 0 Å². The molecule has 2 atom stereocenters. The van der Waals surface area contributed by atoms with E-state index in [1.807, 2.05) is 38.4 Å². The maximum absolute atomic E-state index is 12.0. The summed E-state index contributed by atoms with van der Waals surface area (Å²) in [6, 6.07) is 19.1. The summed E-state index contributed by atoms with van der Waals surface area (Å²) in [6.45, 7) is 1.51. The van der Waals surface area contributed by atoms with Crippen molar-refractivity contribution in [1.82, 2.24) is 4.65 Å². The Morgan fingerprint density at radius 3 is 1.77 bits per heavy atom. The summed E-state index contributed by atoms with van der Waals surface area (Å²) in [5.41, 5.74) is 0.481. The van der Waals surface area contributed by atoms with E-state index in [2.05, 4.69) is 17.0 Å². The predicted molar refractivity (Wildman–Crippen MR) is 92.1 cm³/mol. The van der Waals surface area contributed by atoms with Gasteiger partial charge in [-0.2, -0.15) is 0 Å². The number of quaternary nitrogens is 1. The van der Waals surface area contributed by atoms with Gasteiger partial charge in [-0.1, -0.05) is 36.4 Å². The monoisotopic (exact) mass is 298 g/mol. The zero-order valence-corrected chi connectivity index (χ0v) is 13.2. The number of aliphatic hydroxyl groups is 1. The molecule has 0 aromatic heterocycles. The maximum Gasteiger partial charge on any atom is 0.231 e.